The fourth-order valence-corrected chi connectivity index (χ4v) is 1.60. The van der Waals surface area contributed by atoms with E-state index in [0.717, 1.165) is 0 Å². The van der Waals surface area contributed by atoms with Gasteiger partial charge in [0.15, 0.2) is 0 Å². The molecule has 0 aliphatic carbocycles. The monoisotopic (exact) mass is 277 g/mol. The molecule has 3 nitrogen and oxygen atoms in total. The number of carbonyl (C=O) groups is 1. The second-order valence-electron chi connectivity index (χ2n) is 4.07. The zero-order valence-corrected chi connectivity index (χ0v) is 13.8. The number of aliphatic hydroxyl groups excluding tert-OH is 1. The molecule has 19 heavy (non-hydrogen) atoms. The molecule has 0 amide bonds. The van der Waals surface area contributed by atoms with Crippen molar-refractivity contribution in [2.45, 2.75) is 67.0 Å². The van der Waals surface area contributed by atoms with Crippen molar-refractivity contribution in [3.8, 4) is 0 Å². The molecule has 0 aliphatic heterocycles. The Balaban J connectivity index is -0.000000919. The van der Waals surface area contributed by atoms with Crippen molar-refractivity contribution in [1.29, 1.82) is 0 Å². The number of allylic oxidation sites excluding steroid dienone is 2. The van der Waals surface area contributed by atoms with Crippen LogP contribution in [0.1, 0.15) is 60.3 Å². The fourth-order valence-electron chi connectivity index (χ4n) is 1.60. The molecule has 0 aromatic rings. The van der Waals surface area contributed by atoms with Crippen LogP contribution in [0.4, 0.5) is 0 Å². The van der Waals surface area contributed by atoms with Crippen LogP contribution in [0, 0.1) is 5.92 Å². The van der Waals surface area contributed by atoms with Gasteiger partial charge in [0.05, 0.1) is 13.5 Å². The summed E-state index contributed by atoms with van der Waals surface area (Å²) in [6.07, 6.45) is 0.636. The molecule has 0 radical (unpaired) electrons. The highest BCUT2D eigenvalue weighted by molar-refractivity contribution is 5.82. The summed E-state index contributed by atoms with van der Waals surface area (Å²) in [4.78, 5) is 13.1. The Morgan fingerprint density at radius 3 is 2.16 bits per heavy atom. The minimum atomic E-state index is -2.42. The summed E-state index contributed by atoms with van der Waals surface area (Å²) in [5.74, 6) is -0.450. The van der Waals surface area contributed by atoms with Gasteiger partial charge in [0.2, 0.25) is 0 Å². The van der Waals surface area contributed by atoms with Crippen LogP contribution < -0.4 is 0 Å². The van der Waals surface area contributed by atoms with Crippen LogP contribution in [0.3, 0.4) is 0 Å². The summed E-state index contributed by atoms with van der Waals surface area (Å²) >= 11 is 0. The predicted octanol–water partition coefficient (Wildman–Crippen LogP) is 3.52. The normalized spacial score (nSPS) is 19.2. The van der Waals surface area contributed by atoms with Gasteiger partial charge in [-0.05, 0) is 40.2 Å². The summed E-state index contributed by atoms with van der Waals surface area (Å²) in [5.41, 5.74) is 0. The van der Waals surface area contributed by atoms with E-state index in [2.05, 4.69) is 0 Å². The number of carbonyl (C=O) groups excluding carboxylic acids is 1. The molecule has 0 aliphatic rings. The van der Waals surface area contributed by atoms with E-state index in [4.69, 9.17) is 5.48 Å². The number of nitrogens with zero attached hydrogens (tertiary/aromatic N) is 1. The van der Waals surface area contributed by atoms with Gasteiger partial charge in [-0.25, -0.2) is 0 Å². The zero-order valence-electron chi connectivity index (χ0n) is 17.8. The molecular formula is C16H35NO2. The number of ketones is 1. The van der Waals surface area contributed by atoms with Crippen LogP contribution >= 0.6 is 0 Å². The number of rotatable bonds is 6. The minimum Gasteiger partial charge on any atom is -0.391 e. The fraction of sp³-hybridized carbons (Fsp3) is 0.812. The molecule has 0 bridgehead atoms. The number of Topliss-reactive ketones (excluding diaryl/α,β-unsaturated/α-hetero) is 1. The summed E-state index contributed by atoms with van der Waals surface area (Å²) in [7, 11) is 3.41. The van der Waals surface area contributed by atoms with Crippen molar-refractivity contribution in [2.75, 3.05) is 14.1 Å². The van der Waals surface area contributed by atoms with E-state index in [9.17, 15) is 9.90 Å². The lowest BCUT2D eigenvalue weighted by atomic mass is 9.92. The lowest BCUT2D eigenvalue weighted by Gasteiger charge is -2.30. The SMILES string of the molecule is CC.CC.[2H]C(=CC[C@@H](C)C(O)[C@@H](C(C)=O)N(C)C)C([2H])([2H])[2H]. The molecule has 3 heteroatoms. The average Bonchev–Trinajstić information content (AvgIpc) is 2.46. The molecule has 116 valence electrons. The molecule has 0 aromatic carbocycles. The maximum Gasteiger partial charge on any atom is 0.149 e. The zero-order chi connectivity index (χ0) is 19.4. The molecule has 0 rings (SSSR count). The Kier molecular flexibility index (Phi) is 11.9. The summed E-state index contributed by atoms with van der Waals surface area (Å²) in [6, 6.07) is -1.05. The van der Waals surface area contributed by atoms with Gasteiger partial charge in [-0.3, -0.25) is 9.69 Å². The quantitative estimate of drug-likeness (QED) is 0.755. The van der Waals surface area contributed by atoms with Gasteiger partial charge in [-0.2, -0.15) is 0 Å². The Morgan fingerprint density at radius 2 is 1.84 bits per heavy atom. The van der Waals surface area contributed by atoms with Gasteiger partial charge >= 0.3 is 0 Å². The predicted molar refractivity (Wildman–Crippen MR) is 85.5 cm³/mol. The van der Waals surface area contributed by atoms with Gasteiger partial charge in [-0.15, -0.1) is 0 Å². The first-order valence-electron chi connectivity index (χ1n) is 9.00. The molecule has 0 saturated carbocycles. The van der Waals surface area contributed by atoms with E-state index in [0.29, 0.717) is 0 Å². The average molecular weight is 277 g/mol. The van der Waals surface area contributed by atoms with Crippen LogP contribution in [-0.4, -0.2) is 42.0 Å². The number of aliphatic hydroxyl groups is 1. The Hall–Kier alpha value is -0.670. The van der Waals surface area contributed by atoms with Gasteiger partial charge in [0.1, 0.15) is 5.78 Å². The number of likely N-dealkylation sites (N-methyl/N-ethyl adjacent to an activating group) is 1. The van der Waals surface area contributed by atoms with Gasteiger partial charge < -0.3 is 5.11 Å². The van der Waals surface area contributed by atoms with Gasteiger partial charge in [0, 0.05) is 4.11 Å². The van der Waals surface area contributed by atoms with Crippen molar-refractivity contribution < 1.29 is 15.4 Å². The van der Waals surface area contributed by atoms with Crippen molar-refractivity contribution in [2.24, 2.45) is 5.92 Å². The first kappa shape index (κ1) is 14.7. The maximum atomic E-state index is 11.5. The third-order valence-corrected chi connectivity index (χ3v) is 2.47. The summed E-state index contributed by atoms with van der Waals surface area (Å²) < 4.78 is 28.6. The molecule has 0 spiro atoms. The highest BCUT2D eigenvalue weighted by Crippen LogP contribution is 2.16. The van der Waals surface area contributed by atoms with Crippen LogP contribution in [0.15, 0.2) is 12.1 Å². The Labute approximate surface area is 126 Å². The Bertz CT molecular complexity index is 341. The molecule has 0 saturated heterocycles. The topological polar surface area (TPSA) is 40.5 Å². The molecule has 0 heterocycles. The van der Waals surface area contributed by atoms with Crippen LogP contribution in [-0.2, 0) is 4.79 Å². The standard InChI is InChI=1S/C12H23NO2.2C2H6/c1-6-7-8-9(2)12(15)11(10(3)14)13(4)5;2*1-2/h6-7,9,11-12,15H,8H2,1-5H3;2*1-2H3/t9-,11-,12?;;/m1../s1/i1D3,6D;;. The van der Waals surface area contributed by atoms with Crippen LogP contribution in [0.25, 0.3) is 0 Å². The summed E-state index contributed by atoms with van der Waals surface area (Å²) in [5, 5.41) is 10.1. The van der Waals surface area contributed by atoms with Crippen molar-refractivity contribution >= 4 is 5.78 Å². The Morgan fingerprint density at radius 1 is 1.37 bits per heavy atom. The molecule has 3 atom stereocenters. The molecule has 1 N–H and O–H groups in total. The third kappa shape index (κ3) is 10.9. The number of hydrogen-bond donors (Lipinski definition) is 1. The van der Waals surface area contributed by atoms with Crippen LogP contribution in [0.2, 0.25) is 0 Å². The van der Waals surface area contributed by atoms with Gasteiger partial charge in [0.25, 0.3) is 0 Å². The van der Waals surface area contributed by atoms with E-state index in [1.165, 1.54) is 13.0 Å². The first-order chi connectivity index (χ1) is 10.5. The number of hydrogen-bond acceptors (Lipinski definition) is 3. The van der Waals surface area contributed by atoms with Crippen LogP contribution in [0.5, 0.6) is 0 Å². The lowest BCUT2D eigenvalue weighted by molar-refractivity contribution is -0.126. The van der Waals surface area contributed by atoms with E-state index >= 15 is 0 Å². The second kappa shape index (κ2) is 15.4. The lowest BCUT2D eigenvalue weighted by Crippen LogP contribution is -2.47. The van der Waals surface area contributed by atoms with E-state index in [1.807, 2.05) is 27.7 Å². The van der Waals surface area contributed by atoms with Crippen molar-refractivity contribution in [3.63, 3.8) is 0 Å². The highest BCUT2D eigenvalue weighted by atomic mass is 16.3. The van der Waals surface area contributed by atoms with Gasteiger partial charge in [-0.1, -0.05) is 46.7 Å². The molecule has 0 fully saturated rings. The maximum absolute atomic E-state index is 11.5. The minimum absolute atomic E-state index is 0.143. The first-order valence-corrected chi connectivity index (χ1v) is 7.00. The van der Waals surface area contributed by atoms with E-state index in [1.54, 1.807) is 25.9 Å². The summed E-state index contributed by atoms with van der Waals surface area (Å²) in [6.45, 7) is 8.72. The van der Waals surface area contributed by atoms with E-state index in [-0.39, 0.29) is 18.1 Å². The van der Waals surface area contributed by atoms with Crippen molar-refractivity contribution in [3.05, 3.63) is 12.1 Å². The highest BCUT2D eigenvalue weighted by Gasteiger charge is 2.29. The molecule has 0 aromatic heterocycles. The van der Waals surface area contributed by atoms with Crippen molar-refractivity contribution in [1.82, 2.24) is 4.90 Å². The smallest absolute Gasteiger partial charge is 0.149 e. The van der Waals surface area contributed by atoms with E-state index < -0.39 is 25.0 Å². The molecular weight excluding hydrogens is 238 g/mol. The largest absolute Gasteiger partial charge is 0.391 e. The third-order valence-electron chi connectivity index (χ3n) is 2.47. The molecule has 1 unspecified atom stereocenters. The second-order valence-corrected chi connectivity index (χ2v) is 4.07.